The molecule has 0 bridgehead atoms. The summed E-state index contributed by atoms with van der Waals surface area (Å²) in [6, 6.07) is 51.2. The number of rotatable bonds is 21. The molecule has 8 aromatic carbocycles. The molecule has 0 radical (unpaired) electrons. The summed E-state index contributed by atoms with van der Waals surface area (Å²) in [7, 11) is 0. The molecule has 0 saturated carbocycles. The molecule has 0 atom stereocenters. The number of halogens is 1. The van der Waals surface area contributed by atoms with Crippen LogP contribution in [-0.4, -0.2) is 94.1 Å². The summed E-state index contributed by atoms with van der Waals surface area (Å²) in [6.07, 6.45) is 16.4. The highest BCUT2D eigenvalue weighted by Crippen LogP contribution is 2.27. The first-order valence-corrected chi connectivity index (χ1v) is 28.6. The van der Waals surface area contributed by atoms with Gasteiger partial charge in [0, 0.05) is 96.8 Å². The smallest absolute Gasteiger partial charge is 0.127 e. The van der Waals surface area contributed by atoms with Crippen molar-refractivity contribution in [3.8, 4) is 34.5 Å². The van der Waals surface area contributed by atoms with Crippen molar-refractivity contribution in [2.45, 2.75) is 86.6 Å². The van der Waals surface area contributed by atoms with Gasteiger partial charge in [-0.05, 0) is 155 Å². The Balaban J connectivity index is 0.000000208. The third kappa shape index (κ3) is 22.7. The Bertz CT molecular complexity index is 3370. The Labute approximate surface area is 501 Å². The lowest BCUT2D eigenvalue weighted by atomic mass is 10.1. The number of phenolic OH excluding ortho intramolecular Hbond substituents is 6. The van der Waals surface area contributed by atoms with Crippen molar-refractivity contribution in [1.29, 1.82) is 0 Å². The lowest BCUT2D eigenvalue weighted by Gasteiger charge is -2.02. The van der Waals surface area contributed by atoms with Crippen LogP contribution in [0, 0.1) is 41.5 Å². The van der Waals surface area contributed by atoms with Crippen LogP contribution in [0.4, 0.5) is 5.69 Å². The monoisotopic (exact) mass is 1150 g/mol. The molecule has 0 heterocycles. The van der Waals surface area contributed by atoms with E-state index in [1.54, 1.807) is 43.4 Å². The van der Waals surface area contributed by atoms with Crippen molar-refractivity contribution in [1.82, 2.24) is 0 Å². The number of aliphatic imine (C=N–C) groups is 6. The fourth-order valence-electron chi connectivity index (χ4n) is 8.06. The Morgan fingerprint density at radius 2 is 0.571 bits per heavy atom. The number of aromatic hydroxyl groups is 6. The predicted octanol–water partition coefficient (Wildman–Crippen LogP) is 16.3. The fourth-order valence-corrected chi connectivity index (χ4v) is 8.25. The SMILES string of the molecule is Cc1cccc(C=NCCCCCCN=Cc2cccc(C)c2O)c1O.Cc1cccc(C=NCCCCN=Cc2cccc(C)c2O)c1O.Cc1cccc(C=NCc2ccccc2)c1O.Cc1cccc(C=Nc2ccccc2Cl)c1O. The molecular weight excluding hydrogens is 1070 g/mol. The zero-order chi connectivity index (χ0) is 60.5. The Morgan fingerprint density at radius 3 is 0.893 bits per heavy atom. The molecule has 84 heavy (non-hydrogen) atoms. The number of hydrogen-bond acceptors (Lipinski definition) is 12. The molecule has 0 aliphatic rings. The van der Waals surface area contributed by atoms with Gasteiger partial charge in [0.05, 0.1) is 17.3 Å². The maximum Gasteiger partial charge on any atom is 0.127 e. The highest BCUT2D eigenvalue weighted by molar-refractivity contribution is 6.33. The second-order valence-electron chi connectivity index (χ2n) is 20.0. The van der Waals surface area contributed by atoms with Crippen molar-refractivity contribution >= 4 is 54.6 Å². The second kappa shape index (κ2) is 36.4. The van der Waals surface area contributed by atoms with Crippen LogP contribution < -0.4 is 0 Å². The van der Waals surface area contributed by atoms with Crippen molar-refractivity contribution in [2.24, 2.45) is 30.0 Å². The standard InChI is InChI=1S/C22H28N2O2.C20H24N2O2.C15H15NO.C14H12ClNO/c1-17-9-7-11-19(21(17)25)15-23-13-5-3-4-6-14-24-16-20-12-8-10-18(2)22(20)26;1-15-7-5-9-17(19(15)23)13-21-11-3-4-12-22-14-18-10-6-8-16(2)20(18)24;1-12-6-5-9-14(15(12)17)11-16-10-13-7-3-2-4-8-13;1-10-5-4-6-11(14(10)17)9-16-13-8-3-2-7-12(13)15/h7-12,15-16,25-26H,3-6,13-14H2,1-2H3;5-10,13-14,23-24H,3-4,11-12H2,1-2H3;2-9,11,17H,10H2,1H3;2-9,17H,1H3. The zero-order valence-electron chi connectivity index (χ0n) is 49.1. The van der Waals surface area contributed by atoms with Gasteiger partial charge in [-0.2, -0.15) is 0 Å². The van der Waals surface area contributed by atoms with Gasteiger partial charge in [-0.15, -0.1) is 0 Å². The minimum Gasteiger partial charge on any atom is -0.507 e. The number of phenols is 6. The van der Waals surface area contributed by atoms with Crippen molar-refractivity contribution < 1.29 is 30.6 Å². The summed E-state index contributed by atoms with van der Waals surface area (Å²) >= 11 is 5.99. The molecule has 0 fully saturated rings. The number of hydrogen-bond donors (Lipinski definition) is 6. The van der Waals surface area contributed by atoms with E-state index in [4.69, 9.17) is 11.6 Å². The third-order valence-electron chi connectivity index (χ3n) is 13.2. The van der Waals surface area contributed by atoms with Gasteiger partial charge in [0.25, 0.3) is 0 Å². The summed E-state index contributed by atoms with van der Waals surface area (Å²) in [5.74, 6) is 1.78. The van der Waals surface area contributed by atoms with Crippen LogP contribution in [0.15, 0.2) is 194 Å². The first-order valence-electron chi connectivity index (χ1n) is 28.2. The molecule has 436 valence electrons. The number of benzene rings is 8. The number of aryl methyl sites for hydroxylation is 6. The first kappa shape index (κ1) is 65.7. The molecule has 12 nitrogen and oxygen atoms in total. The van der Waals surface area contributed by atoms with Crippen molar-refractivity contribution in [2.75, 3.05) is 26.2 Å². The highest BCUT2D eigenvalue weighted by Gasteiger charge is 2.06. The van der Waals surface area contributed by atoms with E-state index in [0.29, 0.717) is 64.7 Å². The maximum atomic E-state index is 9.92. The molecule has 13 heteroatoms. The van der Waals surface area contributed by atoms with Crippen LogP contribution in [0.2, 0.25) is 5.02 Å². The zero-order valence-corrected chi connectivity index (χ0v) is 49.8. The van der Waals surface area contributed by atoms with E-state index in [0.717, 1.165) is 118 Å². The van der Waals surface area contributed by atoms with Gasteiger partial charge in [0.1, 0.15) is 34.5 Å². The van der Waals surface area contributed by atoms with E-state index in [9.17, 15) is 30.6 Å². The summed E-state index contributed by atoms with van der Waals surface area (Å²) in [6.45, 7) is 14.8. The topological polar surface area (TPSA) is 196 Å². The maximum absolute atomic E-state index is 9.92. The average Bonchev–Trinajstić information content (AvgIpc) is 3.62. The lowest BCUT2D eigenvalue weighted by molar-refractivity contribution is 0.470. The van der Waals surface area contributed by atoms with Crippen molar-refractivity contribution in [3.05, 3.63) is 241 Å². The lowest BCUT2D eigenvalue weighted by Crippen LogP contribution is -1.90. The molecule has 0 aliphatic heterocycles. The van der Waals surface area contributed by atoms with Gasteiger partial charge in [0.15, 0.2) is 0 Å². The largest absolute Gasteiger partial charge is 0.507 e. The molecular formula is C71H79ClN6O6. The fraction of sp³-hybridized carbons (Fsp3) is 0.239. The normalized spacial score (nSPS) is 11.3. The van der Waals surface area contributed by atoms with E-state index in [2.05, 4.69) is 30.0 Å². The summed E-state index contributed by atoms with van der Waals surface area (Å²) in [5.41, 5.74) is 11.5. The van der Waals surface area contributed by atoms with E-state index < -0.39 is 0 Å². The van der Waals surface area contributed by atoms with Gasteiger partial charge in [-0.3, -0.25) is 30.0 Å². The molecule has 0 spiro atoms. The van der Waals surface area contributed by atoms with Gasteiger partial charge in [-0.1, -0.05) is 140 Å². The molecule has 8 rings (SSSR count). The number of para-hydroxylation sites is 7. The summed E-state index contributed by atoms with van der Waals surface area (Å²) in [5, 5.41) is 59.8. The number of unbranched alkanes of at least 4 members (excludes halogenated alkanes) is 4. The summed E-state index contributed by atoms with van der Waals surface area (Å²) in [4.78, 5) is 26.1. The van der Waals surface area contributed by atoms with E-state index in [1.807, 2.05) is 199 Å². The first-order chi connectivity index (χ1) is 40.6. The van der Waals surface area contributed by atoms with Crippen LogP contribution in [0.3, 0.4) is 0 Å². The van der Waals surface area contributed by atoms with Gasteiger partial charge in [0.2, 0.25) is 0 Å². The van der Waals surface area contributed by atoms with Gasteiger partial charge >= 0.3 is 0 Å². The van der Waals surface area contributed by atoms with E-state index in [1.165, 1.54) is 0 Å². The molecule has 0 unspecified atom stereocenters. The van der Waals surface area contributed by atoms with Crippen LogP contribution in [-0.2, 0) is 6.54 Å². The van der Waals surface area contributed by atoms with Gasteiger partial charge in [-0.25, -0.2) is 0 Å². The van der Waals surface area contributed by atoms with Gasteiger partial charge < -0.3 is 30.6 Å². The molecule has 8 aromatic rings. The highest BCUT2D eigenvalue weighted by atomic mass is 35.5. The molecule has 0 aliphatic carbocycles. The Hall–Kier alpha value is -9.13. The Kier molecular flexibility index (Phi) is 28.4. The van der Waals surface area contributed by atoms with Crippen LogP contribution in [0.25, 0.3) is 0 Å². The average molecular weight is 1150 g/mol. The van der Waals surface area contributed by atoms with Crippen LogP contribution in [0.5, 0.6) is 34.5 Å². The summed E-state index contributed by atoms with van der Waals surface area (Å²) < 4.78 is 0. The minimum atomic E-state index is 0.253. The van der Waals surface area contributed by atoms with Crippen LogP contribution in [0.1, 0.15) is 111 Å². The van der Waals surface area contributed by atoms with Crippen molar-refractivity contribution in [3.63, 3.8) is 0 Å². The molecule has 0 saturated heterocycles. The minimum absolute atomic E-state index is 0.253. The molecule has 6 N–H and O–H groups in total. The van der Waals surface area contributed by atoms with Crippen LogP contribution >= 0.6 is 11.6 Å². The molecule has 0 aromatic heterocycles. The second-order valence-corrected chi connectivity index (χ2v) is 20.4. The molecule has 0 amide bonds. The van der Waals surface area contributed by atoms with E-state index >= 15 is 0 Å². The Morgan fingerprint density at radius 1 is 0.298 bits per heavy atom. The number of nitrogens with zero attached hydrogens (tertiary/aromatic N) is 6. The predicted molar refractivity (Wildman–Crippen MR) is 351 cm³/mol. The third-order valence-corrected chi connectivity index (χ3v) is 13.5. The quantitative estimate of drug-likeness (QED) is 0.0306. The van der Waals surface area contributed by atoms with E-state index in [-0.39, 0.29) is 5.75 Å².